The van der Waals surface area contributed by atoms with Gasteiger partial charge in [0.1, 0.15) is 5.60 Å². The van der Waals surface area contributed by atoms with Crippen LogP contribution in [0.2, 0.25) is 0 Å². The van der Waals surface area contributed by atoms with Crippen LogP contribution < -0.4 is 9.47 Å². The van der Waals surface area contributed by atoms with E-state index in [-0.39, 0.29) is 6.79 Å². The molecule has 1 unspecified atom stereocenters. The number of nitrogens with zero attached hydrogens (tertiary/aromatic N) is 1. The van der Waals surface area contributed by atoms with Gasteiger partial charge in [0, 0.05) is 24.1 Å². The highest BCUT2D eigenvalue weighted by Gasteiger charge is 2.24. The summed E-state index contributed by atoms with van der Waals surface area (Å²) in [6, 6.07) is 3.61. The van der Waals surface area contributed by atoms with Crippen LogP contribution in [0.3, 0.4) is 0 Å². The van der Waals surface area contributed by atoms with E-state index in [9.17, 15) is 9.90 Å². The van der Waals surface area contributed by atoms with Gasteiger partial charge in [-0.3, -0.25) is 4.57 Å². The van der Waals surface area contributed by atoms with Crippen LogP contribution in [-0.4, -0.2) is 34.3 Å². The average molecular weight is 319 g/mol. The third-order valence-electron chi connectivity index (χ3n) is 3.49. The summed E-state index contributed by atoms with van der Waals surface area (Å²) in [5, 5.41) is 10.6. The van der Waals surface area contributed by atoms with Crippen molar-refractivity contribution >= 4 is 17.0 Å². The van der Waals surface area contributed by atoms with Crippen LogP contribution >= 0.6 is 0 Å². The van der Waals surface area contributed by atoms with Gasteiger partial charge in [-0.25, -0.2) is 4.79 Å². The predicted octanol–water partition coefficient (Wildman–Crippen LogP) is 3.08. The first kappa shape index (κ1) is 15.7. The molecule has 1 N–H and O–H groups in total. The zero-order chi connectivity index (χ0) is 16.8. The summed E-state index contributed by atoms with van der Waals surface area (Å²) in [6.45, 7) is 7.34. The Hall–Kier alpha value is -2.21. The minimum Gasteiger partial charge on any atom is -0.454 e. The van der Waals surface area contributed by atoms with Crippen molar-refractivity contribution in [3.63, 3.8) is 0 Å². The van der Waals surface area contributed by atoms with Gasteiger partial charge in [-0.2, -0.15) is 0 Å². The Morgan fingerprint density at radius 1 is 1.35 bits per heavy atom. The molecule has 0 amide bonds. The van der Waals surface area contributed by atoms with Crippen molar-refractivity contribution in [2.75, 3.05) is 6.79 Å². The average Bonchev–Trinajstić information content (AvgIpc) is 2.98. The van der Waals surface area contributed by atoms with Crippen LogP contribution in [0.5, 0.6) is 11.5 Å². The molecule has 0 saturated heterocycles. The van der Waals surface area contributed by atoms with Crippen molar-refractivity contribution in [3.05, 3.63) is 23.9 Å². The molecule has 6 nitrogen and oxygen atoms in total. The van der Waals surface area contributed by atoms with E-state index in [1.165, 1.54) is 4.57 Å². The molecule has 0 aliphatic carbocycles. The molecular weight excluding hydrogens is 298 g/mol. The van der Waals surface area contributed by atoms with Crippen molar-refractivity contribution in [1.82, 2.24) is 4.57 Å². The number of aromatic nitrogens is 1. The summed E-state index contributed by atoms with van der Waals surface area (Å²) < 4.78 is 17.7. The van der Waals surface area contributed by atoms with E-state index in [0.29, 0.717) is 23.4 Å². The summed E-state index contributed by atoms with van der Waals surface area (Å²) in [4.78, 5) is 12.5. The maximum absolute atomic E-state index is 12.5. The van der Waals surface area contributed by atoms with Crippen molar-refractivity contribution < 1.29 is 24.1 Å². The second-order valence-electron chi connectivity index (χ2n) is 6.78. The van der Waals surface area contributed by atoms with Crippen molar-refractivity contribution in [1.29, 1.82) is 0 Å². The minimum absolute atomic E-state index is 0.167. The lowest BCUT2D eigenvalue weighted by Crippen LogP contribution is -2.26. The van der Waals surface area contributed by atoms with E-state index in [4.69, 9.17) is 14.2 Å². The number of rotatable bonds is 2. The first-order chi connectivity index (χ1) is 10.7. The Morgan fingerprint density at radius 2 is 2.00 bits per heavy atom. The van der Waals surface area contributed by atoms with E-state index in [1.807, 2.05) is 26.8 Å². The lowest BCUT2D eigenvalue weighted by atomic mass is 10.1. The lowest BCUT2D eigenvalue weighted by molar-refractivity contribution is 0.0544. The summed E-state index contributed by atoms with van der Waals surface area (Å²) >= 11 is 0. The van der Waals surface area contributed by atoms with Crippen molar-refractivity contribution in [3.8, 4) is 11.5 Å². The fraction of sp³-hybridized carbons (Fsp3) is 0.471. The maximum atomic E-state index is 12.5. The van der Waals surface area contributed by atoms with Crippen LogP contribution in [0.4, 0.5) is 4.79 Å². The fourth-order valence-electron chi connectivity index (χ4n) is 2.63. The molecule has 3 rings (SSSR count). The highest BCUT2D eigenvalue weighted by molar-refractivity contribution is 5.94. The molecule has 0 spiro atoms. The van der Waals surface area contributed by atoms with E-state index >= 15 is 0 Å². The van der Waals surface area contributed by atoms with Gasteiger partial charge < -0.3 is 19.3 Å². The topological polar surface area (TPSA) is 69.9 Å². The molecule has 0 radical (unpaired) electrons. The van der Waals surface area contributed by atoms with Gasteiger partial charge in [0.2, 0.25) is 6.79 Å². The SMILES string of the molecule is CC(O)Cc1cn(C(=O)OC(C)(C)C)c2cc3c(cc12)OCO3. The van der Waals surface area contributed by atoms with Crippen molar-refractivity contribution in [2.24, 2.45) is 0 Å². The number of hydrogen-bond donors (Lipinski definition) is 1. The number of hydrogen-bond acceptors (Lipinski definition) is 5. The van der Waals surface area contributed by atoms with E-state index in [0.717, 1.165) is 10.9 Å². The monoisotopic (exact) mass is 319 g/mol. The molecule has 124 valence electrons. The van der Waals surface area contributed by atoms with E-state index < -0.39 is 17.8 Å². The molecule has 2 heterocycles. The van der Waals surface area contributed by atoms with Gasteiger partial charge in [-0.15, -0.1) is 0 Å². The van der Waals surface area contributed by atoms with Gasteiger partial charge in [0.05, 0.1) is 11.6 Å². The molecule has 0 fully saturated rings. The van der Waals surface area contributed by atoms with Gasteiger partial charge in [0.25, 0.3) is 0 Å². The largest absolute Gasteiger partial charge is 0.454 e. The number of fused-ring (bicyclic) bond motifs is 2. The van der Waals surface area contributed by atoms with Gasteiger partial charge in [0.15, 0.2) is 11.5 Å². The maximum Gasteiger partial charge on any atom is 0.419 e. The number of ether oxygens (including phenoxy) is 3. The molecule has 1 atom stereocenters. The molecule has 1 aliphatic heterocycles. The van der Waals surface area contributed by atoms with Gasteiger partial charge in [-0.05, 0) is 39.3 Å². The second-order valence-corrected chi connectivity index (χ2v) is 6.78. The van der Waals surface area contributed by atoms with Crippen LogP contribution in [0.25, 0.3) is 10.9 Å². The van der Waals surface area contributed by atoms with Crippen molar-refractivity contribution in [2.45, 2.75) is 45.8 Å². The first-order valence-corrected chi connectivity index (χ1v) is 7.59. The Balaban J connectivity index is 2.11. The third-order valence-corrected chi connectivity index (χ3v) is 3.49. The molecular formula is C17H21NO5. The molecule has 0 bridgehead atoms. The summed E-state index contributed by atoms with van der Waals surface area (Å²) in [5.41, 5.74) is 0.951. The predicted molar refractivity (Wildman–Crippen MR) is 85.1 cm³/mol. The zero-order valence-electron chi connectivity index (χ0n) is 13.8. The standard InChI is InChI=1S/C17H21NO5/c1-10(19)5-11-8-18(16(20)23-17(2,3)4)13-7-15-14(6-12(11)13)21-9-22-15/h6-8,10,19H,5,9H2,1-4H3. The van der Waals surface area contributed by atoms with Crippen LogP contribution in [0.1, 0.15) is 33.3 Å². The van der Waals surface area contributed by atoms with Gasteiger partial charge in [-0.1, -0.05) is 0 Å². The van der Waals surface area contributed by atoms with Crippen LogP contribution in [0.15, 0.2) is 18.3 Å². The van der Waals surface area contributed by atoms with Gasteiger partial charge >= 0.3 is 6.09 Å². The van der Waals surface area contributed by atoms with E-state index in [2.05, 4.69) is 0 Å². The smallest absolute Gasteiger partial charge is 0.419 e. The summed E-state index contributed by atoms with van der Waals surface area (Å²) in [6.07, 6.45) is 1.17. The highest BCUT2D eigenvalue weighted by Crippen LogP contribution is 2.38. The number of carbonyl (C=O) groups is 1. The van der Waals surface area contributed by atoms with E-state index in [1.54, 1.807) is 19.2 Å². The summed E-state index contributed by atoms with van der Waals surface area (Å²) in [5.74, 6) is 1.25. The zero-order valence-corrected chi connectivity index (χ0v) is 13.8. The third kappa shape index (κ3) is 3.12. The number of aliphatic hydroxyl groups is 1. The first-order valence-electron chi connectivity index (χ1n) is 7.59. The second kappa shape index (κ2) is 5.45. The molecule has 0 saturated carbocycles. The fourth-order valence-corrected chi connectivity index (χ4v) is 2.63. The Morgan fingerprint density at radius 3 is 2.61 bits per heavy atom. The Labute approximate surface area is 134 Å². The number of carbonyl (C=O) groups excluding carboxylic acids is 1. The number of benzene rings is 1. The quantitative estimate of drug-likeness (QED) is 0.921. The Bertz CT molecular complexity index is 754. The number of aliphatic hydroxyl groups excluding tert-OH is 1. The normalized spacial score (nSPS) is 15.0. The molecule has 23 heavy (non-hydrogen) atoms. The lowest BCUT2D eigenvalue weighted by Gasteiger charge is -2.19. The molecule has 2 aromatic rings. The van der Waals surface area contributed by atoms with Crippen LogP contribution in [-0.2, 0) is 11.2 Å². The van der Waals surface area contributed by atoms with Crippen LogP contribution in [0, 0.1) is 0 Å². The molecule has 6 heteroatoms. The minimum atomic E-state index is -0.589. The molecule has 1 aliphatic rings. The Kier molecular flexibility index (Phi) is 3.72. The highest BCUT2D eigenvalue weighted by atomic mass is 16.7. The summed E-state index contributed by atoms with van der Waals surface area (Å²) in [7, 11) is 0. The molecule has 1 aromatic carbocycles. The molecule has 1 aromatic heterocycles.